The van der Waals surface area contributed by atoms with Crippen molar-refractivity contribution in [1.29, 1.82) is 0 Å². The molecule has 3 nitrogen and oxygen atoms in total. The van der Waals surface area contributed by atoms with Gasteiger partial charge in [-0.15, -0.1) is 0 Å². The molecular weight excluding hydrogens is 224 g/mol. The predicted molar refractivity (Wildman–Crippen MR) is 74.3 cm³/mol. The highest BCUT2D eigenvalue weighted by atomic mass is 16.1. The smallest absolute Gasteiger partial charge is 0.251 e. The molecule has 1 amide bonds. The van der Waals surface area contributed by atoms with E-state index in [-0.39, 0.29) is 5.91 Å². The lowest BCUT2D eigenvalue weighted by molar-refractivity contribution is 0.0910. The molecule has 0 spiro atoms. The number of nitrogen functional groups attached to an aromatic ring is 1. The number of hydrogen-bond donors (Lipinski definition) is 2. The fourth-order valence-corrected chi connectivity index (χ4v) is 2.58. The average molecular weight is 246 g/mol. The Labute approximate surface area is 109 Å². The quantitative estimate of drug-likeness (QED) is 0.788. The van der Waals surface area contributed by atoms with Crippen molar-refractivity contribution in [2.75, 3.05) is 5.73 Å². The van der Waals surface area contributed by atoms with Crippen LogP contribution in [0.2, 0.25) is 0 Å². The zero-order chi connectivity index (χ0) is 13.1. The SMILES string of the molecule is CC1CCC(NC(=O)c2ccc(N)cc2)CC1C. The Morgan fingerprint density at radius 2 is 1.83 bits per heavy atom. The molecule has 1 fully saturated rings. The van der Waals surface area contributed by atoms with Crippen molar-refractivity contribution in [2.24, 2.45) is 11.8 Å². The molecule has 1 aliphatic rings. The van der Waals surface area contributed by atoms with Crippen molar-refractivity contribution in [3.63, 3.8) is 0 Å². The third-order valence-corrected chi connectivity index (χ3v) is 4.11. The molecule has 1 aromatic carbocycles. The highest BCUT2D eigenvalue weighted by Crippen LogP contribution is 2.29. The van der Waals surface area contributed by atoms with Gasteiger partial charge in [-0.25, -0.2) is 0 Å². The summed E-state index contributed by atoms with van der Waals surface area (Å²) in [5, 5.41) is 3.13. The maximum atomic E-state index is 12.1. The van der Waals surface area contributed by atoms with Crippen molar-refractivity contribution in [2.45, 2.75) is 39.2 Å². The van der Waals surface area contributed by atoms with E-state index in [2.05, 4.69) is 19.2 Å². The lowest BCUT2D eigenvalue weighted by Gasteiger charge is -2.32. The molecule has 2 rings (SSSR count). The van der Waals surface area contributed by atoms with Gasteiger partial charge in [-0.2, -0.15) is 0 Å². The van der Waals surface area contributed by atoms with Gasteiger partial charge in [-0.05, 0) is 55.4 Å². The summed E-state index contributed by atoms with van der Waals surface area (Å²) in [6, 6.07) is 7.40. The summed E-state index contributed by atoms with van der Waals surface area (Å²) in [5.74, 6) is 1.48. The Morgan fingerprint density at radius 1 is 1.17 bits per heavy atom. The second-order valence-electron chi connectivity index (χ2n) is 5.56. The van der Waals surface area contributed by atoms with Crippen molar-refractivity contribution >= 4 is 11.6 Å². The molecule has 1 saturated carbocycles. The van der Waals surface area contributed by atoms with Gasteiger partial charge >= 0.3 is 0 Å². The molecule has 0 bridgehead atoms. The Morgan fingerprint density at radius 3 is 2.44 bits per heavy atom. The highest BCUT2D eigenvalue weighted by molar-refractivity contribution is 5.94. The van der Waals surface area contributed by atoms with Crippen LogP contribution in [-0.2, 0) is 0 Å². The molecule has 1 aliphatic carbocycles. The van der Waals surface area contributed by atoms with Crippen molar-refractivity contribution in [1.82, 2.24) is 5.32 Å². The van der Waals surface area contributed by atoms with E-state index in [0.29, 0.717) is 23.2 Å². The number of nitrogens with two attached hydrogens (primary N) is 1. The third kappa shape index (κ3) is 3.03. The minimum Gasteiger partial charge on any atom is -0.399 e. The maximum Gasteiger partial charge on any atom is 0.251 e. The summed E-state index contributed by atoms with van der Waals surface area (Å²) in [4.78, 5) is 12.1. The number of anilines is 1. The van der Waals surface area contributed by atoms with Gasteiger partial charge in [0.05, 0.1) is 0 Å². The van der Waals surface area contributed by atoms with E-state index in [1.165, 1.54) is 6.42 Å². The van der Waals surface area contributed by atoms with Gasteiger partial charge in [0.15, 0.2) is 0 Å². The van der Waals surface area contributed by atoms with Crippen LogP contribution in [0.1, 0.15) is 43.5 Å². The zero-order valence-corrected chi connectivity index (χ0v) is 11.1. The van der Waals surface area contributed by atoms with E-state index in [1.807, 2.05) is 0 Å². The Balaban J connectivity index is 1.93. The Hall–Kier alpha value is -1.51. The number of amides is 1. The minimum atomic E-state index is 0.0155. The molecule has 98 valence electrons. The highest BCUT2D eigenvalue weighted by Gasteiger charge is 2.25. The molecule has 1 aromatic rings. The molecule has 18 heavy (non-hydrogen) atoms. The number of carbonyl (C=O) groups excluding carboxylic acids is 1. The molecule has 3 unspecified atom stereocenters. The second kappa shape index (κ2) is 5.42. The molecule has 3 heteroatoms. The predicted octanol–water partition coefficient (Wildman–Crippen LogP) is 2.82. The van der Waals surface area contributed by atoms with E-state index in [0.717, 1.165) is 18.8 Å². The minimum absolute atomic E-state index is 0.0155. The number of rotatable bonds is 2. The van der Waals surface area contributed by atoms with Gasteiger partial charge in [0.25, 0.3) is 5.91 Å². The summed E-state index contributed by atoms with van der Waals surface area (Å²) >= 11 is 0. The number of carbonyl (C=O) groups is 1. The van der Waals surface area contributed by atoms with E-state index in [9.17, 15) is 4.79 Å². The first-order chi connectivity index (χ1) is 8.56. The van der Waals surface area contributed by atoms with Crippen LogP contribution in [0.5, 0.6) is 0 Å². The fourth-order valence-electron chi connectivity index (χ4n) is 2.58. The summed E-state index contributed by atoms with van der Waals surface area (Å²) in [5.41, 5.74) is 6.99. The van der Waals surface area contributed by atoms with Gasteiger partial charge in [0, 0.05) is 17.3 Å². The molecule has 0 radical (unpaired) electrons. The standard InChI is InChI=1S/C15H22N2O/c1-10-3-8-14(9-11(10)2)17-15(18)12-4-6-13(16)7-5-12/h4-7,10-11,14H,3,8-9,16H2,1-2H3,(H,17,18). The Bertz CT molecular complexity index is 413. The molecule has 0 aliphatic heterocycles. The second-order valence-corrected chi connectivity index (χ2v) is 5.56. The lowest BCUT2D eigenvalue weighted by Crippen LogP contribution is -2.39. The number of nitrogens with one attached hydrogen (secondary N) is 1. The monoisotopic (exact) mass is 246 g/mol. The first kappa shape index (κ1) is 12.9. The first-order valence-corrected chi connectivity index (χ1v) is 6.72. The van der Waals surface area contributed by atoms with Crippen LogP contribution in [0.3, 0.4) is 0 Å². The fraction of sp³-hybridized carbons (Fsp3) is 0.533. The normalized spacial score (nSPS) is 27.8. The summed E-state index contributed by atoms with van der Waals surface area (Å²) < 4.78 is 0. The van der Waals surface area contributed by atoms with Crippen molar-refractivity contribution in [3.05, 3.63) is 29.8 Å². The van der Waals surface area contributed by atoms with Crippen LogP contribution >= 0.6 is 0 Å². The molecule has 0 heterocycles. The molecule has 3 N–H and O–H groups in total. The number of benzene rings is 1. The van der Waals surface area contributed by atoms with Crippen LogP contribution in [0.15, 0.2) is 24.3 Å². The Kier molecular flexibility index (Phi) is 3.90. The van der Waals surface area contributed by atoms with Gasteiger partial charge in [-0.1, -0.05) is 13.8 Å². The average Bonchev–Trinajstić information content (AvgIpc) is 2.34. The van der Waals surface area contributed by atoms with Gasteiger partial charge in [-0.3, -0.25) is 4.79 Å². The van der Waals surface area contributed by atoms with E-state index in [1.54, 1.807) is 24.3 Å². The van der Waals surface area contributed by atoms with E-state index < -0.39 is 0 Å². The van der Waals surface area contributed by atoms with Crippen molar-refractivity contribution < 1.29 is 4.79 Å². The molecule has 0 aromatic heterocycles. The van der Waals surface area contributed by atoms with Gasteiger partial charge < -0.3 is 11.1 Å². The zero-order valence-electron chi connectivity index (χ0n) is 11.1. The molecule has 3 atom stereocenters. The topological polar surface area (TPSA) is 55.1 Å². The molecule has 0 saturated heterocycles. The summed E-state index contributed by atoms with van der Waals surface area (Å²) in [6.07, 6.45) is 3.38. The number of hydrogen-bond acceptors (Lipinski definition) is 2. The van der Waals surface area contributed by atoms with Crippen LogP contribution in [0, 0.1) is 11.8 Å². The summed E-state index contributed by atoms with van der Waals surface area (Å²) in [7, 11) is 0. The lowest BCUT2D eigenvalue weighted by atomic mass is 9.79. The van der Waals surface area contributed by atoms with Crippen LogP contribution in [0.4, 0.5) is 5.69 Å². The van der Waals surface area contributed by atoms with Crippen LogP contribution < -0.4 is 11.1 Å². The maximum absolute atomic E-state index is 12.1. The van der Waals surface area contributed by atoms with Crippen molar-refractivity contribution in [3.8, 4) is 0 Å². The first-order valence-electron chi connectivity index (χ1n) is 6.72. The van der Waals surface area contributed by atoms with E-state index >= 15 is 0 Å². The van der Waals surface area contributed by atoms with Crippen LogP contribution in [-0.4, -0.2) is 11.9 Å². The third-order valence-electron chi connectivity index (χ3n) is 4.11. The summed E-state index contributed by atoms with van der Waals surface area (Å²) in [6.45, 7) is 4.56. The molecular formula is C15H22N2O. The van der Waals surface area contributed by atoms with Gasteiger partial charge in [0.1, 0.15) is 0 Å². The largest absolute Gasteiger partial charge is 0.399 e. The van der Waals surface area contributed by atoms with Crippen LogP contribution in [0.25, 0.3) is 0 Å². The van der Waals surface area contributed by atoms with Gasteiger partial charge in [0.2, 0.25) is 0 Å². The van der Waals surface area contributed by atoms with E-state index in [4.69, 9.17) is 5.73 Å².